The third kappa shape index (κ3) is 7.54. The highest BCUT2D eigenvalue weighted by atomic mass is 32.2. The van der Waals surface area contributed by atoms with Gasteiger partial charge in [0.2, 0.25) is 5.75 Å². The van der Waals surface area contributed by atoms with Crippen LogP contribution in [0.4, 0.5) is 39.4 Å². The fourth-order valence-electron chi connectivity index (χ4n) is 5.79. The van der Waals surface area contributed by atoms with Crippen molar-refractivity contribution in [3.63, 3.8) is 0 Å². The van der Waals surface area contributed by atoms with Gasteiger partial charge in [-0.2, -0.15) is 5.10 Å². The summed E-state index contributed by atoms with van der Waals surface area (Å²) < 4.78 is 104. The van der Waals surface area contributed by atoms with E-state index in [0.717, 1.165) is 69.2 Å². The number of aromatic amines is 1. The third-order valence-electron chi connectivity index (χ3n) is 8.68. The Morgan fingerprint density at radius 3 is 2.24 bits per heavy atom. The number of hydrogen-bond acceptors (Lipinski definition) is 10. The Balaban J connectivity index is 1.48. The molecule has 1 saturated heterocycles. The first kappa shape index (κ1) is 37.3. The van der Waals surface area contributed by atoms with Crippen LogP contribution < -0.4 is 15.0 Å². The smallest absolute Gasteiger partial charge is 0.204 e. The van der Waals surface area contributed by atoms with Crippen molar-refractivity contribution >= 4 is 39.1 Å². The molecule has 270 valence electrons. The summed E-state index contributed by atoms with van der Waals surface area (Å²) in [6, 6.07) is 4.64. The Kier molecular flexibility index (Phi) is 11.0. The van der Waals surface area contributed by atoms with Gasteiger partial charge in [-0.15, -0.1) is 0 Å². The zero-order valence-corrected chi connectivity index (χ0v) is 30.0. The lowest BCUT2D eigenvalue weighted by atomic mass is 9.93. The maximum atomic E-state index is 15.7. The molecule has 2 N–H and O–H groups in total. The van der Waals surface area contributed by atoms with E-state index in [-0.39, 0.29) is 21.9 Å². The predicted octanol–water partition coefficient (Wildman–Crippen LogP) is 6.98. The molecule has 2 aromatic carbocycles. The molecule has 0 bridgehead atoms. The van der Waals surface area contributed by atoms with Crippen molar-refractivity contribution in [3.8, 4) is 5.75 Å². The summed E-state index contributed by atoms with van der Waals surface area (Å²) in [7, 11) is 0.780. The van der Waals surface area contributed by atoms with Crippen LogP contribution in [0, 0.1) is 41.9 Å². The quantitative estimate of drug-likeness (QED) is 0.0896. The van der Waals surface area contributed by atoms with Gasteiger partial charge in [0.05, 0.1) is 22.5 Å². The molecular weight excluding hydrogens is 702 g/mol. The first-order valence-corrected chi connectivity index (χ1v) is 18.0. The SMILES string of the molecule is COc1c(Nc2cc(C)[nH]n2)nc(Sc2ccc(S(=O)(=O)C(C)(C)c3c(F)c(F)cc(F)c3F)cc2F)nc1N1CCC(CCN(C)C)CC1. The van der Waals surface area contributed by atoms with Crippen molar-refractivity contribution in [2.45, 2.75) is 59.7 Å². The van der Waals surface area contributed by atoms with E-state index in [2.05, 4.69) is 30.3 Å². The second kappa shape index (κ2) is 14.7. The average Bonchev–Trinajstić information content (AvgIpc) is 3.47. The van der Waals surface area contributed by atoms with E-state index in [1.165, 1.54) is 7.11 Å². The van der Waals surface area contributed by atoms with Gasteiger partial charge < -0.3 is 19.9 Å². The van der Waals surface area contributed by atoms with Crippen molar-refractivity contribution in [1.29, 1.82) is 0 Å². The molecule has 0 radical (unpaired) electrons. The molecule has 17 heteroatoms. The van der Waals surface area contributed by atoms with Crippen LogP contribution in [0.25, 0.3) is 0 Å². The Bertz CT molecular complexity index is 1960. The van der Waals surface area contributed by atoms with Crippen LogP contribution >= 0.6 is 11.8 Å². The number of piperidine rings is 1. The number of H-pyrrole nitrogens is 1. The predicted molar refractivity (Wildman–Crippen MR) is 180 cm³/mol. The zero-order chi connectivity index (χ0) is 36.5. The molecular formula is C33H38F5N7O3S2. The molecule has 4 aromatic rings. The van der Waals surface area contributed by atoms with Gasteiger partial charge in [0.1, 0.15) is 10.6 Å². The lowest BCUT2D eigenvalue weighted by Gasteiger charge is -2.34. The number of aromatic nitrogens is 4. The van der Waals surface area contributed by atoms with Gasteiger partial charge in [-0.1, -0.05) is 0 Å². The van der Waals surface area contributed by atoms with Crippen molar-refractivity contribution in [2.75, 3.05) is 51.1 Å². The van der Waals surface area contributed by atoms with Crippen LogP contribution in [-0.2, 0) is 14.6 Å². The van der Waals surface area contributed by atoms with Gasteiger partial charge in [0.25, 0.3) is 0 Å². The number of sulfone groups is 1. The van der Waals surface area contributed by atoms with Gasteiger partial charge in [-0.05, 0) is 96.6 Å². The molecule has 5 rings (SSSR count). The summed E-state index contributed by atoms with van der Waals surface area (Å²) in [6.45, 7) is 5.99. The third-order valence-corrected chi connectivity index (χ3v) is 12.0. The van der Waals surface area contributed by atoms with Crippen molar-refractivity contribution in [1.82, 2.24) is 25.1 Å². The van der Waals surface area contributed by atoms with Gasteiger partial charge >= 0.3 is 0 Å². The zero-order valence-electron chi connectivity index (χ0n) is 28.4. The molecule has 1 fully saturated rings. The Labute approximate surface area is 291 Å². The topological polar surface area (TPSA) is 116 Å². The molecule has 0 amide bonds. The summed E-state index contributed by atoms with van der Waals surface area (Å²) in [4.78, 5) is 12.8. The molecule has 10 nitrogen and oxygen atoms in total. The van der Waals surface area contributed by atoms with Crippen LogP contribution in [0.2, 0.25) is 0 Å². The number of aryl methyl sites for hydroxylation is 1. The van der Waals surface area contributed by atoms with E-state index >= 15 is 4.39 Å². The summed E-state index contributed by atoms with van der Waals surface area (Å²) in [6.07, 6.45) is 2.93. The highest BCUT2D eigenvalue weighted by Crippen LogP contribution is 2.42. The number of anilines is 3. The van der Waals surface area contributed by atoms with Gasteiger partial charge in [-0.25, -0.2) is 40.3 Å². The number of benzene rings is 2. The van der Waals surface area contributed by atoms with Gasteiger partial charge in [0.15, 0.2) is 55.7 Å². The molecule has 0 unspecified atom stereocenters. The first-order chi connectivity index (χ1) is 23.5. The lowest BCUT2D eigenvalue weighted by molar-refractivity contribution is 0.311. The summed E-state index contributed by atoms with van der Waals surface area (Å²) in [5, 5.41) is 10.3. The lowest BCUT2D eigenvalue weighted by Crippen LogP contribution is -2.35. The van der Waals surface area contributed by atoms with Crippen molar-refractivity contribution in [2.24, 2.45) is 5.92 Å². The molecule has 0 spiro atoms. The molecule has 50 heavy (non-hydrogen) atoms. The van der Waals surface area contributed by atoms with Gasteiger partial charge in [-0.3, -0.25) is 5.10 Å². The van der Waals surface area contributed by atoms with Crippen molar-refractivity contribution in [3.05, 3.63) is 70.7 Å². The summed E-state index contributed by atoms with van der Waals surface area (Å²) >= 11 is 0.818. The first-order valence-electron chi connectivity index (χ1n) is 15.7. The minimum absolute atomic E-state index is 0.0135. The molecule has 1 aliphatic rings. The second-order valence-electron chi connectivity index (χ2n) is 12.8. The largest absolute Gasteiger partial charge is 0.490 e. The molecule has 0 aliphatic carbocycles. The van der Waals surface area contributed by atoms with E-state index in [1.807, 2.05) is 21.0 Å². The van der Waals surface area contributed by atoms with E-state index in [0.29, 0.717) is 42.5 Å². The standard InChI is InChI=1S/C33H38F5N7O3S2/c1-18-15-25(43-42-18)39-30-29(48-6)31(45-13-10-19(11-14-45)9-12-44(4)5)41-32(40-30)49-24-8-7-20(16-21(24)34)50(46,47)33(2,3)26-27(37)22(35)17-23(36)28(26)38/h7-8,15-17,19H,9-14H2,1-6H3,(H2,39,40,41,42,43). The highest BCUT2D eigenvalue weighted by molar-refractivity contribution is 7.99. The molecule has 0 atom stereocenters. The van der Waals surface area contributed by atoms with Crippen molar-refractivity contribution < 1.29 is 35.1 Å². The Hall–Kier alpha value is -3.96. The van der Waals surface area contributed by atoms with Crippen LogP contribution in [0.5, 0.6) is 5.75 Å². The molecule has 2 aromatic heterocycles. The maximum Gasteiger partial charge on any atom is 0.204 e. The van der Waals surface area contributed by atoms with Crippen LogP contribution in [0.15, 0.2) is 45.3 Å². The van der Waals surface area contributed by atoms with E-state index in [1.54, 1.807) is 6.07 Å². The Morgan fingerprint density at radius 1 is 1.02 bits per heavy atom. The molecule has 0 saturated carbocycles. The van der Waals surface area contributed by atoms with Gasteiger partial charge in [0, 0.05) is 30.9 Å². The fraction of sp³-hybridized carbons (Fsp3) is 0.424. The second-order valence-corrected chi connectivity index (χ2v) is 16.4. The average molecular weight is 740 g/mol. The minimum atomic E-state index is -4.81. The van der Waals surface area contributed by atoms with Crippen LogP contribution in [0.1, 0.15) is 44.4 Å². The maximum absolute atomic E-state index is 15.7. The summed E-state index contributed by atoms with van der Waals surface area (Å²) in [5.41, 5.74) is -0.537. The number of ether oxygens (including phenoxy) is 1. The normalized spacial score (nSPS) is 14.4. The molecule has 1 aliphatic heterocycles. The monoisotopic (exact) mass is 739 g/mol. The number of rotatable bonds is 12. The number of methoxy groups -OCH3 is 1. The van der Waals surface area contributed by atoms with E-state index < -0.39 is 54.1 Å². The summed E-state index contributed by atoms with van der Waals surface area (Å²) in [5.74, 6) is -6.12. The van der Waals surface area contributed by atoms with E-state index in [9.17, 15) is 26.0 Å². The number of nitrogens with zero attached hydrogens (tertiary/aromatic N) is 5. The van der Waals surface area contributed by atoms with E-state index in [4.69, 9.17) is 9.72 Å². The fourth-order valence-corrected chi connectivity index (χ4v) is 8.09. The highest BCUT2D eigenvalue weighted by Gasteiger charge is 2.44. The van der Waals surface area contributed by atoms with Crippen LogP contribution in [-0.4, -0.2) is 74.3 Å². The molecule has 3 heterocycles. The minimum Gasteiger partial charge on any atom is -0.490 e. The number of halogens is 5. The van der Waals surface area contributed by atoms with Crippen LogP contribution in [0.3, 0.4) is 0 Å². The number of hydrogen-bond donors (Lipinski definition) is 2. The number of nitrogens with one attached hydrogen (secondary N) is 2. The Morgan fingerprint density at radius 2 is 1.68 bits per heavy atom.